The molecule has 2 aliphatic carbocycles. The van der Waals surface area contributed by atoms with E-state index in [9.17, 15) is 0 Å². The van der Waals surface area contributed by atoms with Crippen LogP contribution in [0.5, 0.6) is 0 Å². The molecule has 0 spiro atoms. The predicted octanol–water partition coefficient (Wildman–Crippen LogP) is 5.28. The summed E-state index contributed by atoms with van der Waals surface area (Å²) in [5.41, 5.74) is 3.61. The van der Waals surface area contributed by atoms with E-state index >= 15 is 0 Å². The van der Waals surface area contributed by atoms with Crippen molar-refractivity contribution in [2.24, 2.45) is 0 Å². The van der Waals surface area contributed by atoms with Crippen molar-refractivity contribution in [2.45, 2.75) is 63.5 Å². The fourth-order valence-electron chi connectivity index (χ4n) is 5.25. The molecule has 1 saturated carbocycles. The molecule has 5 rings (SSSR count). The molecule has 1 aromatic heterocycles. The Balaban J connectivity index is 1.16. The third-order valence-electron chi connectivity index (χ3n) is 7.02. The minimum Gasteiger partial charge on any atom is -0.362 e. The largest absolute Gasteiger partial charge is 0.362 e. The minimum absolute atomic E-state index is 0.384. The van der Waals surface area contributed by atoms with E-state index in [0.29, 0.717) is 17.2 Å². The summed E-state index contributed by atoms with van der Waals surface area (Å²) < 4.78 is 0. The van der Waals surface area contributed by atoms with Crippen LogP contribution in [0.25, 0.3) is 10.8 Å². The van der Waals surface area contributed by atoms with Crippen molar-refractivity contribution in [3.8, 4) is 0 Å². The average molecular weight is 475 g/mol. The van der Waals surface area contributed by atoms with Crippen molar-refractivity contribution < 1.29 is 0 Å². The number of anilines is 3. The van der Waals surface area contributed by atoms with Gasteiger partial charge in [0.05, 0.1) is 5.69 Å². The molecule has 1 heterocycles. The van der Waals surface area contributed by atoms with Crippen molar-refractivity contribution in [1.82, 2.24) is 15.3 Å². The first-order chi connectivity index (χ1) is 16.6. The third-order valence-corrected chi connectivity index (χ3v) is 7.24. The van der Waals surface area contributed by atoms with E-state index in [1.165, 1.54) is 34.9 Å². The van der Waals surface area contributed by atoms with Crippen LogP contribution in [0.15, 0.2) is 42.5 Å². The second kappa shape index (κ2) is 10.1. The Hall–Kier alpha value is -2.93. The molecule has 0 saturated heterocycles. The van der Waals surface area contributed by atoms with E-state index in [0.717, 1.165) is 56.0 Å². The molecule has 2 aromatic carbocycles. The molecule has 0 aliphatic heterocycles. The highest BCUT2D eigenvalue weighted by Gasteiger charge is 2.24. The summed E-state index contributed by atoms with van der Waals surface area (Å²) in [6, 6.07) is 15.4. The highest BCUT2D eigenvalue weighted by molar-refractivity contribution is 7.80. The zero-order valence-corrected chi connectivity index (χ0v) is 20.9. The molecule has 1 fully saturated rings. The third kappa shape index (κ3) is 5.09. The van der Waals surface area contributed by atoms with Gasteiger partial charge in [-0.25, -0.2) is 4.98 Å². The van der Waals surface area contributed by atoms with Gasteiger partial charge in [0.2, 0.25) is 5.95 Å². The van der Waals surface area contributed by atoms with Crippen molar-refractivity contribution >= 4 is 45.6 Å². The number of hydrogen-bond donors (Lipinski definition) is 3. The lowest BCUT2D eigenvalue weighted by atomic mass is 9.91. The van der Waals surface area contributed by atoms with Crippen LogP contribution in [0.2, 0.25) is 0 Å². The normalized spacial score (nSPS) is 19.8. The first-order valence-electron chi connectivity index (χ1n) is 12.5. The summed E-state index contributed by atoms with van der Waals surface area (Å²) in [7, 11) is 4.15. The monoisotopic (exact) mass is 474 g/mol. The molecule has 0 bridgehead atoms. The number of benzene rings is 2. The van der Waals surface area contributed by atoms with Gasteiger partial charge in [0, 0.05) is 42.8 Å². The lowest BCUT2D eigenvalue weighted by Gasteiger charge is -2.31. The van der Waals surface area contributed by atoms with Gasteiger partial charge in [-0.1, -0.05) is 36.4 Å². The van der Waals surface area contributed by atoms with E-state index in [4.69, 9.17) is 22.2 Å². The summed E-state index contributed by atoms with van der Waals surface area (Å²) in [5.74, 6) is 1.86. The maximum atomic E-state index is 5.65. The van der Waals surface area contributed by atoms with Crippen LogP contribution in [-0.2, 0) is 12.8 Å². The number of aryl methyl sites for hydroxylation is 1. The number of nitrogens with zero attached hydrogens (tertiary/aromatic N) is 3. The van der Waals surface area contributed by atoms with E-state index in [2.05, 4.69) is 77.4 Å². The molecule has 34 heavy (non-hydrogen) atoms. The van der Waals surface area contributed by atoms with Crippen molar-refractivity contribution in [3.63, 3.8) is 0 Å². The fraction of sp³-hybridized carbons (Fsp3) is 0.444. The second-order valence-corrected chi connectivity index (χ2v) is 10.1. The number of fused-ring (bicyclic) bond motifs is 2. The van der Waals surface area contributed by atoms with Gasteiger partial charge in [0.1, 0.15) is 5.82 Å². The smallest absolute Gasteiger partial charge is 0.225 e. The average Bonchev–Trinajstić information content (AvgIpc) is 2.85. The van der Waals surface area contributed by atoms with Crippen molar-refractivity contribution in [3.05, 3.63) is 53.7 Å². The number of thiocarbonyl (C=S) groups is 1. The zero-order chi connectivity index (χ0) is 23.5. The molecule has 3 aromatic rings. The van der Waals surface area contributed by atoms with Crippen LogP contribution in [0, 0.1) is 0 Å². The Labute approximate surface area is 207 Å². The molecule has 0 unspecified atom stereocenters. The molecule has 178 valence electrons. The molecule has 0 atom stereocenters. The first-order valence-corrected chi connectivity index (χ1v) is 12.9. The Morgan fingerprint density at radius 3 is 2.47 bits per heavy atom. The van der Waals surface area contributed by atoms with Gasteiger partial charge in [0.25, 0.3) is 0 Å². The number of aromatic nitrogens is 2. The van der Waals surface area contributed by atoms with Crippen LogP contribution in [0.4, 0.5) is 17.5 Å². The van der Waals surface area contributed by atoms with Crippen LogP contribution in [0.1, 0.15) is 49.8 Å². The first kappa shape index (κ1) is 22.8. The maximum Gasteiger partial charge on any atom is 0.225 e. The van der Waals surface area contributed by atoms with Gasteiger partial charge in [-0.2, -0.15) is 4.98 Å². The summed E-state index contributed by atoms with van der Waals surface area (Å²) in [6.45, 7) is 0. The highest BCUT2D eigenvalue weighted by Crippen LogP contribution is 2.29. The summed E-state index contributed by atoms with van der Waals surface area (Å²) in [5, 5.41) is 13.7. The van der Waals surface area contributed by atoms with E-state index in [1.54, 1.807) is 0 Å². The Morgan fingerprint density at radius 2 is 1.65 bits per heavy atom. The molecule has 2 aliphatic rings. The maximum absolute atomic E-state index is 5.65. The summed E-state index contributed by atoms with van der Waals surface area (Å²) in [6.07, 6.45) is 8.90. The second-order valence-electron chi connectivity index (χ2n) is 9.72. The SMILES string of the molecule is CN(C)c1nc(NC2CCC(NC(=S)Nc3cccc4ccccc34)CC2)nc2c1CCCC2. The number of rotatable bonds is 5. The van der Waals surface area contributed by atoms with Crippen molar-refractivity contribution in [1.29, 1.82) is 0 Å². The molecule has 0 radical (unpaired) electrons. The molecule has 0 amide bonds. The lowest BCUT2D eigenvalue weighted by Crippen LogP contribution is -2.42. The zero-order valence-electron chi connectivity index (χ0n) is 20.1. The quantitative estimate of drug-likeness (QED) is 0.435. The van der Waals surface area contributed by atoms with Gasteiger partial charge in [-0.15, -0.1) is 0 Å². The predicted molar refractivity (Wildman–Crippen MR) is 146 cm³/mol. The standard InChI is InChI=1S/C27H34N6S/c1-33(2)25-22-11-5-6-12-24(22)30-26(32-25)28-19-14-16-20(17-15-19)29-27(34)31-23-13-7-9-18-8-3-4-10-21(18)23/h3-4,7-10,13,19-20H,5-6,11-12,14-17H2,1-2H3,(H,28,30,32)(H2,29,31,34). The molecular formula is C27H34N6S. The Kier molecular flexibility index (Phi) is 6.81. The van der Waals surface area contributed by atoms with Gasteiger partial charge in [0.15, 0.2) is 5.11 Å². The van der Waals surface area contributed by atoms with E-state index < -0.39 is 0 Å². The van der Waals surface area contributed by atoms with Crippen LogP contribution >= 0.6 is 12.2 Å². The molecule has 6 nitrogen and oxygen atoms in total. The topological polar surface area (TPSA) is 65.1 Å². The highest BCUT2D eigenvalue weighted by atomic mass is 32.1. The fourth-order valence-corrected chi connectivity index (χ4v) is 5.53. The van der Waals surface area contributed by atoms with Gasteiger partial charge < -0.3 is 20.9 Å². The Bertz CT molecular complexity index is 1160. The number of nitrogens with one attached hydrogen (secondary N) is 3. The van der Waals surface area contributed by atoms with Crippen LogP contribution in [0.3, 0.4) is 0 Å². The lowest BCUT2D eigenvalue weighted by molar-refractivity contribution is 0.387. The molecular weight excluding hydrogens is 440 g/mol. The van der Waals surface area contributed by atoms with Gasteiger partial charge in [-0.3, -0.25) is 0 Å². The van der Waals surface area contributed by atoms with Crippen LogP contribution < -0.4 is 20.9 Å². The molecule has 3 N–H and O–H groups in total. The number of hydrogen-bond acceptors (Lipinski definition) is 5. The van der Waals surface area contributed by atoms with E-state index in [1.807, 2.05) is 0 Å². The van der Waals surface area contributed by atoms with Gasteiger partial charge >= 0.3 is 0 Å². The summed E-state index contributed by atoms with van der Waals surface area (Å²) >= 11 is 5.65. The van der Waals surface area contributed by atoms with Gasteiger partial charge in [-0.05, 0) is 75.0 Å². The summed E-state index contributed by atoms with van der Waals surface area (Å²) in [4.78, 5) is 11.9. The van der Waals surface area contributed by atoms with Crippen LogP contribution in [-0.4, -0.2) is 41.3 Å². The van der Waals surface area contributed by atoms with E-state index in [-0.39, 0.29) is 0 Å². The van der Waals surface area contributed by atoms with Crippen molar-refractivity contribution in [2.75, 3.05) is 29.6 Å². The Morgan fingerprint density at radius 1 is 0.912 bits per heavy atom. The minimum atomic E-state index is 0.384. The molecule has 7 heteroatoms.